The van der Waals surface area contributed by atoms with E-state index in [0.717, 1.165) is 34.1 Å². The van der Waals surface area contributed by atoms with Gasteiger partial charge in [-0.2, -0.15) is 0 Å². The van der Waals surface area contributed by atoms with E-state index < -0.39 is 0 Å². The van der Waals surface area contributed by atoms with Gasteiger partial charge in [0.15, 0.2) is 0 Å². The molecular formula is C68H52N2. The number of rotatable bonds is 8. The lowest BCUT2D eigenvalue weighted by Gasteiger charge is -2.29. The minimum absolute atomic E-state index is 0.115. The quantitative estimate of drug-likeness (QED) is 0.150. The van der Waals surface area contributed by atoms with Crippen LogP contribution in [0.1, 0.15) is 49.9 Å². The van der Waals surface area contributed by atoms with Crippen molar-refractivity contribution >= 4 is 55.7 Å². The molecule has 11 aromatic carbocycles. The first-order chi connectivity index (χ1) is 34.2. The van der Waals surface area contributed by atoms with Crippen molar-refractivity contribution in [1.29, 1.82) is 0 Å². The monoisotopic (exact) mass is 896 g/mol. The van der Waals surface area contributed by atoms with E-state index in [1.807, 2.05) is 0 Å². The first kappa shape index (κ1) is 41.7. The van der Waals surface area contributed by atoms with Crippen LogP contribution < -0.4 is 9.80 Å². The molecule has 0 saturated heterocycles. The van der Waals surface area contributed by atoms with Crippen LogP contribution in [-0.2, 0) is 10.8 Å². The summed E-state index contributed by atoms with van der Waals surface area (Å²) in [6.45, 7) is 9.44. The SMILES string of the molecule is CC1(C)c2ccccc2-c2ccc(N(c3cccc(-c4ccc(-c5cccc(N(c6ccc7c(c6)C(C)(C)c6ccccc6-7)c6cccc7ccccc67)c5)cc4)c3)c3cccc4ccccc34)cc21. The smallest absolute Gasteiger partial charge is 0.0540 e. The highest BCUT2D eigenvalue weighted by Gasteiger charge is 2.37. The van der Waals surface area contributed by atoms with Crippen molar-refractivity contribution in [2.24, 2.45) is 0 Å². The molecule has 13 rings (SSSR count). The lowest BCUT2D eigenvalue weighted by Crippen LogP contribution is -2.16. The Morgan fingerprint density at radius 2 is 0.614 bits per heavy atom. The molecule has 0 aromatic heterocycles. The van der Waals surface area contributed by atoms with Gasteiger partial charge in [-0.3, -0.25) is 0 Å². The molecule has 0 radical (unpaired) electrons. The summed E-state index contributed by atoms with van der Waals surface area (Å²) in [5, 5.41) is 4.87. The fraction of sp³-hybridized carbons (Fsp3) is 0.0882. The maximum absolute atomic E-state index is 2.45. The summed E-state index contributed by atoms with van der Waals surface area (Å²) in [4.78, 5) is 4.90. The van der Waals surface area contributed by atoms with E-state index >= 15 is 0 Å². The normalized spacial score (nSPS) is 13.7. The number of fused-ring (bicyclic) bond motifs is 8. The molecule has 11 aromatic rings. The predicted octanol–water partition coefficient (Wildman–Crippen LogP) is 18.9. The number of nitrogens with zero attached hydrogens (tertiary/aromatic N) is 2. The van der Waals surface area contributed by atoms with E-state index in [9.17, 15) is 0 Å². The third kappa shape index (κ3) is 6.62. The summed E-state index contributed by atoms with van der Waals surface area (Å²) >= 11 is 0. The van der Waals surface area contributed by atoms with Crippen molar-refractivity contribution in [3.8, 4) is 44.5 Å². The largest absolute Gasteiger partial charge is 0.310 e. The Balaban J connectivity index is 0.879. The number of hydrogen-bond acceptors (Lipinski definition) is 2. The molecule has 0 aliphatic heterocycles. The van der Waals surface area contributed by atoms with E-state index in [2.05, 4.69) is 280 Å². The third-order valence-corrected chi connectivity index (χ3v) is 15.4. The van der Waals surface area contributed by atoms with Crippen LogP contribution in [0.4, 0.5) is 34.1 Å². The molecule has 2 aliphatic rings. The fourth-order valence-corrected chi connectivity index (χ4v) is 11.8. The second-order valence-corrected chi connectivity index (χ2v) is 20.1. The van der Waals surface area contributed by atoms with Gasteiger partial charge in [0.2, 0.25) is 0 Å². The first-order valence-corrected chi connectivity index (χ1v) is 24.6. The van der Waals surface area contributed by atoms with Gasteiger partial charge >= 0.3 is 0 Å². The van der Waals surface area contributed by atoms with Crippen LogP contribution in [0.3, 0.4) is 0 Å². The molecule has 0 atom stereocenters. The van der Waals surface area contributed by atoms with Crippen molar-refractivity contribution in [3.05, 3.63) is 265 Å². The highest BCUT2D eigenvalue weighted by molar-refractivity contribution is 6.01. The summed E-state index contributed by atoms with van der Waals surface area (Å²) in [6, 6.07) is 89.9. The van der Waals surface area contributed by atoms with Gasteiger partial charge in [-0.1, -0.05) is 210 Å². The summed E-state index contributed by atoms with van der Waals surface area (Å²) in [5.74, 6) is 0. The lowest BCUT2D eigenvalue weighted by molar-refractivity contribution is 0.660. The van der Waals surface area contributed by atoms with E-state index in [1.165, 1.54) is 88.3 Å². The second kappa shape index (κ2) is 16.1. The highest BCUT2D eigenvalue weighted by Crippen LogP contribution is 2.53. The Hall–Kier alpha value is -8.46. The van der Waals surface area contributed by atoms with Gasteiger partial charge in [0, 0.05) is 44.4 Å². The van der Waals surface area contributed by atoms with Crippen molar-refractivity contribution in [1.82, 2.24) is 0 Å². The molecule has 2 aliphatic carbocycles. The molecule has 0 fully saturated rings. The zero-order valence-electron chi connectivity index (χ0n) is 40.0. The van der Waals surface area contributed by atoms with Crippen LogP contribution in [0.25, 0.3) is 66.1 Å². The predicted molar refractivity (Wildman–Crippen MR) is 297 cm³/mol. The van der Waals surface area contributed by atoms with Crippen LogP contribution in [0.15, 0.2) is 243 Å². The summed E-state index contributed by atoms with van der Waals surface area (Å²) in [5.41, 5.74) is 22.1. The number of hydrogen-bond donors (Lipinski definition) is 0. The molecule has 0 heterocycles. The van der Waals surface area contributed by atoms with Crippen LogP contribution in [-0.4, -0.2) is 0 Å². The molecule has 0 bridgehead atoms. The molecule has 70 heavy (non-hydrogen) atoms. The van der Waals surface area contributed by atoms with Crippen molar-refractivity contribution < 1.29 is 0 Å². The van der Waals surface area contributed by atoms with E-state index in [-0.39, 0.29) is 10.8 Å². The van der Waals surface area contributed by atoms with Crippen LogP contribution in [0.5, 0.6) is 0 Å². The van der Waals surface area contributed by atoms with Gasteiger partial charge in [0.1, 0.15) is 0 Å². The van der Waals surface area contributed by atoms with Crippen molar-refractivity contribution in [3.63, 3.8) is 0 Å². The third-order valence-electron chi connectivity index (χ3n) is 15.4. The minimum Gasteiger partial charge on any atom is -0.310 e. The average Bonchev–Trinajstić information content (AvgIpc) is 3.78. The average molecular weight is 897 g/mol. The van der Waals surface area contributed by atoms with Crippen LogP contribution >= 0.6 is 0 Å². The van der Waals surface area contributed by atoms with Crippen LogP contribution in [0.2, 0.25) is 0 Å². The second-order valence-electron chi connectivity index (χ2n) is 20.1. The van der Waals surface area contributed by atoms with Crippen molar-refractivity contribution in [2.45, 2.75) is 38.5 Å². The van der Waals surface area contributed by atoms with E-state index in [0.29, 0.717) is 0 Å². The van der Waals surface area contributed by atoms with Gasteiger partial charge in [-0.15, -0.1) is 0 Å². The Bertz CT molecular complexity index is 3590. The van der Waals surface area contributed by atoms with Gasteiger partial charge < -0.3 is 9.80 Å². The molecule has 0 N–H and O–H groups in total. The van der Waals surface area contributed by atoms with Crippen LogP contribution in [0, 0.1) is 0 Å². The number of benzene rings is 11. The Morgan fingerprint density at radius 3 is 1.07 bits per heavy atom. The molecule has 0 spiro atoms. The molecule has 2 heteroatoms. The molecule has 0 unspecified atom stereocenters. The number of anilines is 6. The van der Waals surface area contributed by atoms with Crippen molar-refractivity contribution in [2.75, 3.05) is 9.80 Å². The molecular weight excluding hydrogens is 845 g/mol. The Labute approximate surface area is 411 Å². The molecule has 0 amide bonds. The summed E-state index contributed by atoms with van der Waals surface area (Å²) < 4.78 is 0. The van der Waals surface area contributed by atoms with Gasteiger partial charge in [0.25, 0.3) is 0 Å². The van der Waals surface area contributed by atoms with Gasteiger partial charge in [0.05, 0.1) is 11.4 Å². The summed E-state index contributed by atoms with van der Waals surface area (Å²) in [6.07, 6.45) is 0. The molecule has 334 valence electrons. The lowest BCUT2D eigenvalue weighted by atomic mass is 9.82. The summed E-state index contributed by atoms with van der Waals surface area (Å²) in [7, 11) is 0. The van der Waals surface area contributed by atoms with E-state index in [4.69, 9.17) is 0 Å². The Morgan fingerprint density at radius 1 is 0.257 bits per heavy atom. The molecule has 0 saturated carbocycles. The Kier molecular flexibility index (Phi) is 9.58. The minimum atomic E-state index is -0.115. The van der Waals surface area contributed by atoms with Gasteiger partial charge in [-0.05, 0) is 138 Å². The van der Waals surface area contributed by atoms with E-state index in [1.54, 1.807) is 0 Å². The van der Waals surface area contributed by atoms with Gasteiger partial charge in [-0.25, -0.2) is 0 Å². The topological polar surface area (TPSA) is 6.48 Å². The fourth-order valence-electron chi connectivity index (χ4n) is 11.8. The highest BCUT2D eigenvalue weighted by atomic mass is 15.1. The maximum Gasteiger partial charge on any atom is 0.0540 e. The zero-order chi connectivity index (χ0) is 47.1. The maximum atomic E-state index is 2.45. The first-order valence-electron chi connectivity index (χ1n) is 24.6. The molecule has 2 nitrogen and oxygen atoms in total. The standard InChI is InChI=1S/C68H52N2/c1-67(2)61-29-11-9-27-57(61)59-39-37-53(43-63(59)67)69(65-31-15-19-47-17-5-7-25-55(47)65)51-23-13-21-49(41-51)45-33-35-46(36-34-45)50-22-14-24-52(42-50)70(66-32-16-20-48-18-6-8-26-56(48)66)54-38-40-60-58-28-10-12-30-62(58)68(3,4)64(60)44-54/h5-44H,1-4H3. The zero-order valence-corrected chi connectivity index (χ0v) is 40.0.